The molecule has 4 rings (SSSR count). The van der Waals surface area contributed by atoms with E-state index in [-0.39, 0.29) is 5.91 Å². The molecule has 0 aliphatic carbocycles. The molecule has 3 nitrogen and oxygen atoms in total. The number of nitrogens with zero attached hydrogens (tertiary/aromatic N) is 1. The second-order valence-electron chi connectivity index (χ2n) is 5.15. The molecule has 1 spiro atoms. The van der Waals surface area contributed by atoms with E-state index in [9.17, 15) is 4.79 Å². The second-order valence-corrected chi connectivity index (χ2v) is 6.07. The lowest BCUT2D eigenvalue weighted by Crippen LogP contribution is -2.32. The summed E-state index contributed by atoms with van der Waals surface area (Å²) < 4.78 is 6.47. The van der Waals surface area contributed by atoms with Crippen LogP contribution in [0.1, 0.15) is 11.1 Å². The van der Waals surface area contributed by atoms with Crippen LogP contribution in [0.25, 0.3) is 0 Å². The van der Waals surface area contributed by atoms with Crippen LogP contribution in [0, 0.1) is 0 Å². The van der Waals surface area contributed by atoms with Crippen molar-refractivity contribution in [1.82, 2.24) is 0 Å². The highest BCUT2D eigenvalue weighted by atomic mass is 79.9. The maximum atomic E-state index is 12.6. The van der Waals surface area contributed by atoms with Crippen molar-refractivity contribution in [3.8, 4) is 0 Å². The molecule has 0 unspecified atom stereocenters. The lowest BCUT2D eigenvalue weighted by molar-refractivity contribution is -0.123. The zero-order valence-corrected chi connectivity index (χ0v) is 12.3. The fraction of sp³-hybridized carbons (Fsp3) is 0.188. The van der Waals surface area contributed by atoms with Gasteiger partial charge in [-0.25, -0.2) is 0 Å². The van der Waals surface area contributed by atoms with Crippen molar-refractivity contribution in [2.45, 2.75) is 12.1 Å². The Morgan fingerprint density at radius 3 is 2.65 bits per heavy atom. The van der Waals surface area contributed by atoms with Gasteiger partial charge in [0.2, 0.25) is 0 Å². The van der Waals surface area contributed by atoms with Crippen LogP contribution in [0.15, 0.2) is 53.0 Å². The van der Waals surface area contributed by atoms with Gasteiger partial charge in [-0.2, -0.15) is 0 Å². The van der Waals surface area contributed by atoms with Gasteiger partial charge in [0.1, 0.15) is 0 Å². The van der Waals surface area contributed by atoms with E-state index in [1.54, 1.807) is 0 Å². The summed E-state index contributed by atoms with van der Waals surface area (Å²) in [6.45, 7) is 1.07. The Bertz CT molecular complexity index is 695. The highest BCUT2D eigenvalue weighted by Crippen LogP contribution is 2.51. The number of ether oxygens (including phenoxy) is 1. The minimum atomic E-state index is -0.704. The average molecular weight is 330 g/mol. The first-order valence-electron chi connectivity index (χ1n) is 6.51. The van der Waals surface area contributed by atoms with Crippen molar-refractivity contribution in [2.24, 2.45) is 0 Å². The predicted octanol–water partition coefficient (Wildman–Crippen LogP) is 3.22. The summed E-state index contributed by atoms with van der Waals surface area (Å²) in [7, 11) is 0. The maximum absolute atomic E-state index is 12.6. The summed E-state index contributed by atoms with van der Waals surface area (Å²) in [5, 5.41) is 0. The van der Waals surface area contributed by atoms with Gasteiger partial charge in [-0.15, -0.1) is 0 Å². The molecule has 0 N–H and O–H groups in total. The van der Waals surface area contributed by atoms with E-state index in [0.29, 0.717) is 13.2 Å². The minimum absolute atomic E-state index is 0.0504. The SMILES string of the molecule is O=C1N(Cc2ccccc2)c2cc(Br)ccc2[C@@]12CO2. The summed E-state index contributed by atoms with van der Waals surface area (Å²) in [6, 6.07) is 15.9. The van der Waals surface area contributed by atoms with Gasteiger partial charge in [0.25, 0.3) is 5.91 Å². The molecule has 20 heavy (non-hydrogen) atoms. The first-order valence-corrected chi connectivity index (χ1v) is 7.30. The van der Waals surface area contributed by atoms with Crippen LogP contribution in [0.3, 0.4) is 0 Å². The third kappa shape index (κ3) is 1.65. The number of epoxide rings is 1. The van der Waals surface area contributed by atoms with Crippen LogP contribution in [0.5, 0.6) is 0 Å². The third-order valence-electron chi connectivity index (χ3n) is 3.89. The highest BCUT2D eigenvalue weighted by Gasteiger charge is 2.61. The van der Waals surface area contributed by atoms with Gasteiger partial charge in [-0.3, -0.25) is 4.79 Å². The molecule has 4 heteroatoms. The van der Waals surface area contributed by atoms with Crippen LogP contribution < -0.4 is 4.90 Å². The van der Waals surface area contributed by atoms with Crippen molar-refractivity contribution >= 4 is 27.5 Å². The Morgan fingerprint density at radius 1 is 1.20 bits per heavy atom. The van der Waals surface area contributed by atoms with E-state index in [1.807, 2.05) is 53.4 Å². The van der Waals surface area contributed by atoms with E-state index in [1.165, 1.54) is 0 Å². The Balaban J connectivity index is 1.78. The molecule has 1 saturated heterocycles. The Hall–Kier alpha value is -1.65. The van der Waals surface area contributed by atoms with Crippen molar-refractivity contribution in [2.75, 3.05) is 11.5 Å². The zero-order chi connectivity index (χ0) is 13.7. The largest absolute Gasteiger partial charge is 0.354 e. The maximum Gasteiger partial charge on any atom is 0.266 e. The number of rotatable bonds is 2. The number of benzene rings is 2. The lowest BCUT2D eigenvalue weighted by Gasteiger charge is -2.17. The second kappa shape index (κ2) is 4.17. The molecule has 2 heterocycles. The molecule has 0 saturated carbocycles. The number of hydrogen-bond acceptors (Lipinski definition) is 2. The summed E-state index contributed by atoms with van der Waals surface area (Å²) in [5.74, 6) is 0.0504. The molecule has 2 aromatic carbocycles. The topological polar surface area (TPSA) is 32.8 Å². The monoisotopic (exact) mass is 329 g/mol. The number of hydrogen-bond donors (Lipinski definition) is 0. The molecule has 0 aromatic heterocycles. The quantitative estimate of drug-likeness (QED) is 0.792. The first-order chi connectivity index (χ1) is 9.71. The summed E-state index contributed by atoms with van der Waals surface area (Å²) in [6.07, 6.45) is 0. The van der Waals surface area contributed by atoms with Gasteiger partial charge in [0, 0.05) is 10.0 Å². The molecule has 0 radical (unpaired) electrons. The van der Waals surface area contributed by atoms with Gasteiger partial charge in [0.15, 0.2) is 5.60 Å². The van der Waals surface area contributed by atoms with E-state index in [4.69, 9.17) is 4.74 Å². The van der Waals surface area contributed by atoms with Gasteiger partial charge < -0.3 is 9.64 Å². The number of amides is 1. The van der Waals surface area contributed by atoms with Crippen LogP contribution in [-0.4, -0.2) is 12.5 Å². The standard InChI is InChI=1S/C16H12BrNO2/c17-12-6-7-13-14(8-12)18(15(19)16(13)10-20-16)9-11-4-2-1-3-5-11/h1-8H,9-10H2/t16-/m0/s1. The lowest BCUT2D eigenvalue weighted by atomic mass is 10.0. The number of carbonyl (C=O) groups is 1. The summed E-state index contributed by atoms with van der Waals surface area (Å²) >= 11 is 3.48. The zero-order valence-electron chi connectivity index (χ0n) is 10.7. The Morgan fingerprint density at radius 2 is 1.95 bits per heavy atom. The number of fused-ring (bicyclic) bond motifs is 2. The highest BCUT2D eigenvalue weighted by molar-refractivity contribution is 9.10. The summed E-state index contributed by atoms with van der Waals surface area (Å²) in [5.41, 5.74) is 2.35. The molecular formula is C16H12BrNO2. The molecular weight excluding hydrogens is 318 g/mol. The number of carbonyl (C=O) groups excluding carboxylic acids is 1. The van der Waals surface area contributed by atoms with E-state index in [2.05, 4.69) is 15.9 Å². The molecule has 1 amide bonds. The smallest absolute Gasteiger partial charge is 0.266 e. The molecule has 100 valence electrons. The van der Waals surface area contributed by atoms with Gasteiger partial charge in [0.05, 0.1) is 18.8 Å². The normalized spacial score (nSPS) is 23.2. The van der Waals surface area contributed by atoms with Crippen LogP contribution >= 0.6 is 15.9 Å². The fourth-order valence-corrected chi connectivity index (χ4v) is 3.14. The van der Waals surface area contributed by atoms with E-state index < -0.39 is 5.60 Å². The number of anilines is 1. The third-order valence-corrected chi connectivity index (χ3v) is 4.39. The summed E-state index contributed by atoms with van der Waals surface area (Å²) in [4.78, 5) is 14.5. The first kappa shape index (κ1) is 12.1. The van der Waals surface area contributed by atoms with Crippen LogP contribution in [-0.2, 0) is 21.7 Å². The van der Waals surface area contributed by atoms with Crippen molar-refractivity contribution in [3.63, 3.8) is 0 Å². The van der Waals surface area contributed by atoms with Gasteiger partial charge in [-0.1, -0.05) is 52.3 Å². The molecule has 0 bridgehead atoms. The van der Waals surface area contributed by atoms with Gasteiger partial charge >= 0.3 is 0 Å². The Kier molecular flexibility index (Phi) is 2.53. The molecule has 2 aliphatic heterocycles. The molecule has 2 aliphatic rings. The van der Waals surface area contributed by atoms with Crippen molar-refractivity contribution < 1.29 is 9.53 Å². The van der Waals surface area contributed by atoms with E-state index >= 15 is 0 Å². The fourth-order valence-electron chi connectivity index (χ4n) is 2.79. The van der Waals surface area contributed by atoms with E-state index in [0.717, 1.165) is 21.3 Å². The van der Waals surface area contributed by atoms with Gasteiger partial charge in [-0.05, 0) is 17.7 Å². The number of halogens is 1. The predicted molar refractivity (Wildman–Crippen MR) is 79.4 cm³/mol. The molecule has 1 fully saturated rings. The molecule has 1 atom stereocenters. The van der Waals surface area contributed by atoms with Crippen molar-refractivity contribution in [3.05, 3.63) is 64.1 Å². The minimum Gasteiger partial charge on any atom is -0.354 e. The van der Waals surface area contributed by atoms with Crippen LogP contribution in [0.2, 0.25) is 0 Å². The van der Waals surface area contributed by atoms with Crippen LogP contribution in [0.4, 0.5) is 5.69 Å². The average Bonchev–Trinajstić information content (AvgIpc) is 3.23. The Labute approximate surface area is 125 Å². The molecule has 2 aromatic rings. The van der Waals surface area contributed by atoms with Crippen molar-refractivity contribution in [1.29, 1.82) is 0 Å².